The van der Waals surface area contributed by atoms with E-state index in [2.05, 4.69) is 5.32 Å². The number of ether oxygens (including phenoxy) is 1. The summed E-state index contributed by atoms with van der Waals surface area (Å²) >= 11 is 0. The molecule has 0 heterocycles. The first-order valence-corrected chi connectivity index (χ1v) is 8.77. The summed E-state index contributed by atoms with van der Waals surface area (Å²) in [5.41, 5.74) is 2.01. The summed E-state index contributed by atoms with van der Waals surface area (Å²) in [5.74, 6) is -2.34. The van der Waals surface area contributed by atoms with E-state index >= 15 is 0 Å². The van der Waals surface area contributed by atoms with Gasteiger partial charge in [-0.2, -0.15) is 0 Å². The second kappa shape index (κ2) is 10.1. The topological polar surface area (TPSA) is 95.9 Å². The van der Waals surface area contributed by atoms with Crippen LogP contribution in [-0.2, 0) is 9.53 Å². The summed E-state index contributed by atoms with van der Waals surface area (Å²) in [6.07, 6.45) is 2.45. The summed E-state index contributed by atoms with van der Waals surface area (Å²) < 4.78 is 19.2. The number of nitrogens with one attached hydrogen (secondary N) is 1. The van der Waals surface area contributed by atoms with Gasteiger partial charge < -0.3 is 14.9 Å². The minimum absolute atomic E-state index is 0.357. The van der Waals surface area contributed by atoms with Gasteiger partial charge in [0.25, 0.3) is 0 Å². The molecule has 0 bridgehead atoms. The molecule has 1 atom stereocenters. The number of allylic oxidation sites excluding steroid dienone is 1. The molecule has 0 aliphatic carbocycles. The number of carbonyl (C=O) groups is 2. The molecule has 0 aliphatic heterocycles. The summed E-state index contributed by atoms with van der Waals surface area (Å²) in [5, 5.41) is 20.6. The van der Waals surface area contributed by atoms with Gasteiger partial charge in [0.1, 0.15) is 6.10 Å². The molecule has 0 spiro atoms. The fourth-order valence-corrected chi connectivity index (χ4v) is 2.54. The Balaban J connectivity index is 2.05. The van der Waals surface area contributed by atoms with Crippen molar-refractivity contribution in [1.82, 2.24) is 0 Å². The number of unbranched alkanes of at least 4 members (excludes halogenated alkanes) is 1. The molecule has 1 amide bonds. The molecule has 0 aliphatic rings. The molecule has 3 N–H and O–H groups in total. The van der Waals surface area contributed by atoms with Crippen LogP contribution in [0.15, 0.2) is 54.6 Å². The average molecular weight is 387 g/mol. The second-order valence-electron chi connectivity index (χ2n) is 6.27. The first kappa shape index (κ1) is 21.0. The highest BCUT2D eigenvalue weighted by Crippen LogP contribution is 2.28. The average Bonchev–Trinajstić information content (AvgIpc) is 2.64. The molecule has 0 fully saturated rings. The Labute approximate surface area is 162 Å². The molecule has 0 saturated heterocycles. The van der Waals surface area contributed by atoms with Crippen LogP contribution in [0.25, 0.3) is 0 Å². The van der Waals surface area contributed by atoms with Gasteiger partial charge in [0.05, 0.1) is 0 Å². The zero-order valence-electron chi connectivity index (χ0n) is 15.4. The van der Waals surface area contributed by atoms with Gasteiger partial charge in [0.15, 0.2) is 11.6 Å². The summed E-state index contributed by atoms with van der Waals surface area (Å²) in [4.78, 5) is 22.7. The number of aromatic hydroxyl groups is 1. The van der Waals surface area contributed by atoms with E-state index in [4.69, 9.17) is 9.84 Å². The standard InChI is InChI=1S/C21H22FNO5/c1-14-7-10-16(11-8-14)23-21(27)28-19(5-3-2-4-6-20(25)26)15-9-12-18(24)17(22)13-15/h4,6-13,19,24H,2-3,5H2,1H3,(H,23,27)(H,25,26)/b6-4+/t19-/m1/s1. The minimum atomic E-state index is -1.04. The van der Waals surface area contributed by atoms with Crippen molar-refractivity contribution in [3.8, 4) is 5.75 Å². The third kappa shape index (κ3) is 6.75. The van der Waals surface area contributed by atoms with Crippen LogP contribution < -0.4 is 5.32 Å². The summed E-state index contributed by atoms with van der Waals surface area (Å²) in [7, 11) is 0. The van der Waals surface area contributed by atoms with Gasteiger partial charge in [-0.1, -0.05) is 29.8 Å². The number of carbonyl (C=O) groups excluding carboxylic acids is 1. The first-order valence-electron chi connectivity index (χ1n) is 8.77. The highest BCUT2D eigenvalue weighted by atomic mass is 19.1. The maximum Gasteiger partial charge on any atom is 0.412 e. The fourth-order valence-electron chi connectivity index (χ4n) is 2.54. The van der Waals surface area contributed by atoms with Crippen LogP contribution in [0.2, 0.25) is 0 Å². The number of amides is 1. The van der Waals surface area contributed by atoms with E-state index in [1.807, 2.05) is 19.1 Å². The van der Waals surface area contributed by atoms with Gasteiger partial charge in [0.2, 0.25) is 0 Å². The third-order valence-corrected chi connectivity index (χ3v) is 3.99. The molecule has 6 nitrogen and oxygen atoms in total. The molecule has 0 saturated carbocycles. The van der Waals surface area contributed by atoms with Crippen LogP contribution in [0.1, 0.15) is 36.5 Å². The SMILES string of the molecule is Cc1ccc(NC(=O)O[C@H](CCC/C=C/C(=O)O)c2ccc(O)c(F)c2)cc1. The number of halogens is 1. The predicted octanol–water partition coefficient (Wildman–Crippen LogP) is 4.94. The highest BCUT2D eigenvalue weighted by molar-refractivity contribution is 5.84. The number of aryl methyl sites for hydroxylation is 1. The molecule has 2 aromatic carbocycles. The zero-order chi connectivity index (χ0) is 20.5. The van der Waals surface area contributed by atoms with Crippen LogP contribution in [-0.4, -0.2) is 22.3 Å². The van der Waals surface area contributed by atoms with Gasteiger partial charge in [-0.3, -0.25) is 5.32 Å². The Morgan fingerprint density at radius 1 is 1.21 bits per heavy atom. The molecular weight excluding hydrogens is 365 g/mol. The molecule has 0 unspecified atom stereocenters. The lowest BCUT2D eigenvalue weighted by Gasteiger charge is -2.19. The quantitative estimate of drug-likeness (QED) is 0.440. The van der Waals surface area contributed by atoms with Crippen molar-refractivity contribution in [3.05, 3.63) is 71.6 Å². The van der Waals surface area contributed by atoms with Gasteiger partial charge in [-0.25, -0.2) is 14.0 Å². The van der Waals surface area contributed by atoms with Crippen LogP contribution in [0.3, 0.4) is 0 Å². The van der Waals surface area contributed by atoms with E-state index in [1.165, 1.54) is 18.2 Å². The van der Waals surface area contributed by atoms with E-state index in [1.54, 1.807) is 12.1 Å². The largest absolute Gasteiger partial charge is 0.505 e. The van der Waals surface area contributed by atoms with E-state index < -0.39 is 29.7 Å². The van der Waals surface area contributed by atoms with Crippen molar-refractivity contribution in [2.45, 2.75) is 32.3 Å². The van der Waals surface area contributed by atoms with E-state index in [-0.39, 0.29) is 0 Å². The normalized spacial score (nSPS) is 11.9. The molecule has 2 rings (SSSR count). The van der Waals surface area contributed by atoms with E-state index in [0.29, 0.717) is 30.5 Å². The third-order valence-electron chi connectivity index (χ3n) is 3.99. The van der Waals surface area contributed by atoms with Crippen molar-refractivity contribution in [2.24, 2.45) is 0 Å². The number of carboxylic acids is 1. The number of benzene rings is 2. The number of phenolic OH excluding ortho intramolecular Hbond substituents is 1. The van der Waals surface area contributed by atoms with Crippen molar-refractivity contribution in [2.75, 3.05) is 5.32 Å². The van der Waals surface area contributed by atoms with Crippen molar-refractivity contribution >= 4 is 17.7 Å². The smallest absolute Gasteiger partial charge is 0.412 e. The number of carboxylic acid groups (broad SMARTS) is 1. The van der Waals surface area contributed by atoms with Crippen molar-refractivity contribution < 1.29 is 28.9 Å². The van der Waals surface area contributed by atoms with Crippen LogP contribution in [0.4, 0.5) is 14.9 Å². The molecule has 0 aromatic heterocycles. The minimum Gasteiger partial charge on any atom is -0.505 e. The summed E-state index contributed by atoms with van der Waals surface area (Å²) in [6, 6.07) is 11.0. The van der Waals surface area contributed by atoms with Crippen LogP contribution in [0, 0.1) is 12.7 Å². The first-order chi connectivity index (χ1) is 13.3. The van der Waals surface area contributed by atoms with E-state index in [9.17, 15) is 19.1 Å². The Bertz CT molecular complexity index is 848. The lowest BCUT2D eigenvalue weighted by molar-refractivity contribution is -0.131. The zero-order valence-corrected chi connectivity index (χ0v) is 15.4. The molecule has 2 aromatic rings. The number of anilines is 1. The van der Waals surface area contributed by atoms with Crippen molar-refractivity contribution in [1.29, 1.82) is 0 Å². The maximum atomic E-state index is 13.7. The second-order valence-corrected chi connectivity index (χ2v) is 6.27. The Kier molecular flexibility index (Phi) is 7.56. The molecule has 28 heavy (non-hydrogen) atoms. The van der Waals surface area contributed by atoms with Crippen LogP contribution in [0.5, 0.6) is 5.75 Å². The number of hydrogen-bond acceptors (Lipinski definition) is 4. The summed E-state index contributed by atoms with van der Waals surface area (Å²) in [6.45, 7) is 1.93. The monoisotopic (exact) mass is 387 g/mol. The van der Waals surface area contributed by atoms with Gasteiger partial charge >= 0.3 is 12.1 Å². The molecule has 0 radical (unpaired) electrons. The number of aliphatic carboxylic acids is 1. The number of hydrogen-bond donors (Lipinski definition) is 3. The number of phenols is 1. The number of rotatable bonds is 8. The predicted molar refractivity (Wildman–Crippen MR) is 103 cm³/mol. The van der Waals surface area contributed by atoms with Gasteiger partial charge in [-0.05, 0) is 56.0 Å². The molecule has 148 valence electrons. The lowest BCUT2D eigenvalue weighted by Crippen LogP contribution is -2.17. The Morgan fingerprint density at radius 2 is 1.93 bits per heavy atom. The van der Waals surface area contributed by atoms with Crippen LogP contribution >= 0.6 is 0 Å². The Hall–Kier alpha value is -3.35. The van der Waals surface area contributed by atoms with E-state index in [0.717, 1.165) is 17.7 Å². The maximum absolute atomic E-state index is 13.7. The molecule has 7 heteroatoms. The Morgan fingerprint density at radius 3 is 2.57 bits per heavy atom. The van der Waals surface area contributed by atoms with Gasteiger partial charge in [-0.15, -0.1) is 0 Å². The van der Waals surface area contributed by atoms with Gasteiger partial charge in [0, 0.05) is 11.8 Å². The highest BCUT2D eigenvalue weighted by Gasteiger charge is 2.18. The van der Waals surface area contributed by atoms with Crippen molar-refractivity contribution in [3.63, 3.8) is 0 Å². The lowest BCUT2D eigenvalue weighted by atomic mass is 10.0. The molecular formula is C21H22FNO5. The fraction of sp³-hybridized carbons (Fsp3) is 0.238.